The number of ether oxygens (including phenoxy) is 1. The maximum absolute atomic E-state index is 12.6. The molecule has 1 heterocycles. The number of halogens is 3. The number of furan rings is 1. The fraction of sp³-hybridized carbons (Fsp3) is 0.0800. The summed E-state index contributed by atoms with van der Waals surface area (Å²) in [7, 11) is 1.58. The lowest BCUT2D eigenvalue weighted by molar-refractivity contribution is -0.111. The molecule has 0 aliphatic rings. The lowest BCUT2D eigenvalue weighted by Crippen LogP contribution is -2.09. The molecule has 7 heteroatoms. The highest BCUT2D eigenvalue weighted by atomic mass is 35.5. The molecule has 162 valence electrons. The SMILES string of the molecule is COc1cc2occ(-c3ccc(Cl)cc3)c2cc1/C(C)=C/C(=O)Nc1cc(Cl)ccc1Cl. The molecular formula is C25H18Cl3NO3. The smallest absolute Gasteiger partial charge is 0.248 e. The standard InChI is InChI=1S/C25H18Cl3NO3/c1-14(9-25(30)29-22-10-17(27)7-8-21(22)28)18-11-19-20(15-3-5-16(26)6-4-15)13-32-24(19)12-23(18)31-2/h3-13H,1-2H3,(H,29,30)/b14-9+. The van der Waals surface area contributed by atoms with Crippen molar-refractivity contribution in [3.8, 4) is 16.9 Å². The molecule has 4 aromatic rings. The highest BCUT2D eigenvalue weighted by Crippen LogP contribution is 2.37. The fourth-order valence-electron chi connectivity index (χ4n) is 3.42. The van der Waals surface area contributed by atoms with E-state index in [1.54, 1.807) is 31.6 Å². The molecule has 0 unspecified atom stereocenters. The molecule has 0 fully saturated rings. The van der Waals surface area contributed by atoms with Crippen molar-refractivity contribution in [2.45, 2.75) is 6.92 Å². The van der Waals surface area contributed by atoms with Crippen molar-refractivity contribution in [2.24, 2.45) is 0 Å². The number of methoxy groups -OCH3 is 1. The molecule has 0 bridgehead atoms. The number of rotatable bonds is 5. The first kappa shape index (κ1) is 22.3. The number of nitrogens with one attached hydrogen (secondary N) is 1. The summed E-state index contributed by atoms with van der Waals surface area (Å²) in [5.41, 5.74) is 4.49. The van der Waals surface area contributed by atoms with Gasteiger partial charge in [0.2, 0.25) is 5.91 Å². The lowest BCUT2D eigenvalue weighted by Gasteiger charge is -2.11. The van der Waals surface area contributed by atoms with Gasteiger partial charge in [-0.05, 0) is 54.5 Å². The predicted octanol–water partition coefficient (Wildman–Crippen LogP) is 8.11. The minimum absolute atomic E-state index is 0.334. The first-order valence-electron chi connectivity index (χ1n) is 9.65. The summed E-state index contributed by atoms with van der Waals surface area (Å²) in [6.07, 6.45) is 3.19. The van der Waals surface area contributed by atoms with Gasteiger partial charge in [0.1, 0.15) is 11.3 Å². The van der Waals surface area contributed by atoms with Crippen LogP contribution in [-0.4, -0.2) is 13.0 Å². The number of anilines is 1. The summed E-state index contributed by atoms with van der Waals surface area (Å²) in [4.78, 5) is 12.6. The normalized spacial score (nSPS) is 11.6. The Balaban J connectivity index is 1.71. The van der Waals surface area contributed by atoms with Gasteiger partial charge >= 0.3 is 0 Å². The van der Waals surface area contributed by atoms with E-state index < -0.39 is 0 Å². The molecule has 0 saturated carbocycles. The number of hydrogen-bond acceptors (Lipinski definition) is 3. The van der Waals surface area contributed by atoms with Crippen molar-refractivity contribution >= 4 is 62.9 Å². The average Bonchev–Trinajstić information content (AvgIpc) is 3.18. The molecule has 32 heavy (non-hydrogen) atoms. The van der Waals surface area contributed by atoms with Crippen LogP contribution < -0.4 is 10.1 Å². The molecule has 3 aromatic carbocycles. The molecule has 0 saturated heterocycles. The van der Waals surface area contributed by atoms with E-state index in [1.807, 2.05) is 43.3 Å². The van der Waals surface area contributed by atoms with Gasteiger partial charge in [0.05, 0.1) is 24.1 Å². The van der Waals surface area contributed by atoms with Gasteiger partial charge in [0.15, 0.2) is 0 Å². The Hall–Kier alpha value is -2.92. The molecule has 1 amide bonds. The molecule has 0 atom stereocenters. The fourth-order valence-corrected chi connectivity index (χ4v) is 3.88. The Morgan fingerprint density at radius 1 is 1.00 bits per heavy atom. The number of carbonyl (C=O) groups is 1. The molecular weight excluding hydrogens is 469 g/mol. The summed E-state index contributed by atoms with van der Waals surface area (Å²) in [6.45, 7) is 1.84. The van der Waals surface area contributed by atoms with E-state index in [-0.39, 0.29) is 5.91 Å². The Bertz CT molecular complexity index is 1340. The number of carbonyl (C=O) groups excluding carboxylic acids is 1. The van der Waals surface area contributed by atoms with Crippen molar-refractivity contribution in [1.82, 2.24) is 0 Å². The third-order valence-corrected chi connectivity index (χ3v) is 5.83. The van der Waals surface area contributed by atoms with E-state index in [0.717, 1.165) is 22.1 Å². The zero-order chi connectivity index (χ0) is 22.8. The Labute approximate surface area is 200 Å². The van der Waals surface area contributed by atoms with E-state index in [1.165, 1.54) is 6.08 Å². The number of benzene rings is 3. The van der Waals surface area contributed by atoms with Crippen LogP contribution in [0.3, 0.4) is 0 Å². The molecule has 0 spiro atoms. The van der Waals surface area contributed by atoms with Crippen LogP contribution in [0.4, 0.5) is 5.69 Å². The molecule has 0 aliphatic carbocycles. The summed E-state index contributed by atoms with van der Waals surface area (Å²) < 4.78 is 11.3. The van der Waals surface area contributed by atoms with Crippen molar-refractivity contribution in [3.05, 3.63) is 87.6 Å². The number of fused-ring (bicyclic) bond motifs is 1. The van der Waals surface area contributed by atoms with Crippen LogP contribution in [0.15, 0.2) is 71.4 Å². The average molecular weight is 487 g/mol. The zero-order valence-electron chi connectivity index (χ0n) is 17.2. The van der Waals surface area contributed by atoms with Crippen LogP contribution in [0, 0.1) is 0 Å². The van der Waals surface area contributed by atoms with Gasteiger partial charge in [-0.1, -0.05) is 46.9 Å². The van der Waals surface area contributed by atoms with Gasteiger partial charge in [-0.25, -0.2) is 0 Å². The third kappa shape index (κ3) is 4.63. The highest BCUT2D eigenvalue weighted by Gasteiger charge is 2.15. The van der Waals surface area contributed by atoms with E-state index in [2.05, 4.69) is 5.32 Å². The second kappa shape index (κ2) is 9.29. The molecule has 4 nitrogen and oxygen atoms in total. The monoisotopic (exact) mass is 485 g/mol. The second-order valence-electron chi connectivity index (χ2n) is 7.15. The minimum atomic E-state index is -0.334. The number of amides is 1. The van der Waals surface area contributed by atoms with Gasteiger partial charge in [-0.2, -0.15) is 0 Å². The first-order chi connectivity index (χ1) is 15.4. The molecule has 0 aliphatic heterocycles. The zero-order valence-corrected chi connectivity index (χ0v) is 19.5. The van der Waals surface area contributed by atoms with Crippen LogP contribution in [0.25, 0.3) is 27.7 Å². The van der Waals surface area contributed by atoms with Gasteiger partial charge in [-0.15, -0.1) is 0 Å². The predicted molar refractivity (Wildman–Crippen MR) is 132 cm³/mol. The van der Waals surface area contributed by atoms with Crippen LogP contribution in [0.2, 0.25) is 15.1 Å². The third-order valence-electron chi connectivity index (χ3n) is 5.01. The van der Waals surface area contributed by atoms with Crippen molar-refractivity contribution in [3.63, 3.8) is 0 Å². The van der Waals surface area contributed by atoms with Crippen LogP contribution in [0.5, 0.6) is 5.75 Å². The van der Waals surface area contributed by atoms with Crippen molar-refractivity contribution < 1.29 is 13.9 Å². The van der Waals surface area contributed by atoms with Crippen LogP contribution in [0.1, 0.15) is 12.5 Å². The van der Waals surface area contributed by atoms with Crippen LogP contribution in [-0.2, 0) is 4.79 Å². The maximum Gasteiger partial charge on any atom is 0.248 e. The van der Waals surface area contributed by atoms with E-state index in [4.69, 9.17) is 44.0 Å². The summed E-state index contributed by atoms with van der Waals surface area (Å²) >= 11 is 18.2. The highest BCUT2D eigenvalue weighted by molar-refractivity contribution is 6.35. The maximum atomic E-state index is 12.6. The van der Waals surface area contributed by atoms with Gasteiger partial charge < -0.3 is 14.5 Å². The van der Waals surface area contributed by atoms with Gasteiger partial charge in [-0.3, -0.25) is 4.79 Å². The van der Waals surface area contributed by atoms with E-state index >= 15 is 0 Å². The van der Waals surface area contributed by atoms with Crippen molar-refractivity contribution in [2.75, 3.05) is 12.4 Å². The molecule has 1 aromatic heterocycles. The van der Waals surface area contributed by atoms with E-state index in [0.29, 0.717) is 37.7 Å². The second-order valence-corrected chi connectivity index (χ2v) is 8.43. The number of allylic oxidation sites excluding steroid dienone is 1. The van der Waals surface area contributed by atoms with Crippen LogP contribution >= 0.6 is 34.8 Å². The Morgan fingerprint density at radius 2 is 1.72 bits per heavy atom. The lowest BCUT2D eigenvalue weighted by atomic mass is 9.99. The summed E-state index contributed by atoms with van der Waals surface area (Å²) in [5, 5.41) is 5.20. The van der Waals surface area contributed by atoms with Gasteiger partial charge in [0, 0.05) is 38.7 Å². The number of hydrogen-bond donors (Lipinski definition) is 1. The largest absolute Gasteiger partial charge is 0.496 e. The topological polar surface area (TPSA) is 51.5 Å². The Kier molecular flexibility index (Phi) is 6.47. The summed E-state index contributed by atoms with van der Waals surface area (Å²) in [5.74, 6) is 0.260. The van der Waals surface area contributed by atoms with Crippen molar-refractivity contribution in [1.29, 1.82) is 0 Å². The first-order valence-corrected chi connectivity index (χ1v) is 10.8. The van der Waals surface area contributed by atoms with Gasteiger partial charge in [0.25, 0.3) is 0 Å². The van der Waals surface area contributed by atoms with E-state index in [9.17, 15) is 4.79 Å². The minimum Gasteiger partial charge on any atom is -0.496 e. The quantitative estimate of drug-likeness (QED) is 0.290. The Morgan fingerprint density at radius 3 is 2.44 bits per heavy atom. The molecule has 0 radical (unpaired) electrons. The summed E-state index contributed by atoms with van der Waals surface area (Å²) in [6, 6.07) is 16.2. The molecule has 4 rings (SSSR count). The molecule has 1 N–H and O–H groups in total.